The summed E-state index contributed by atoms with van der Waals surface area (Å²) in [5.41, 5.74) is 4.20. The molecule has 1 saturated carbocycles. The number of fused-ring (bicyclic) bond motifs is 1. The Balaban J connectivity index is 1.91. The van der Waals surface area contributed by atoms with E-state index in [-0.39, 0.29) is 0 Å². The van der Waals surface area contributed by atoms with Gasteiger partial charge in [-0.05, 0) is 37.3 Å². The molecule has 0 bridgehead atoms. The van der Waals surface area contributed by atoms with Crippen molar-refractivity contribution >= 4 is 5.69 Å². The van der Waals surface area contributed by atoms with Crippen LogP contribution in [0, 0.1) is 6.92 Å². The summed E-state index contributed by atoms with van der Waals surface area (Å²) in [6, 6.07) is 7.98. The van der Waals surface area contributed by atoms with Gasteiger partial charge in [0.2, 0.25) is 0 Å². The van der Waals surface area contributed by atoms with Crippen LogP contribution in [0.3, 0.4) is 0 Å². The summed E-state index contributed by atoms with van der Waals surface area (Å²) in [7, 11) is 0. The molecule has 1 atom stereocenters. The fourth-order valence-electron chi connectivity index (χ4n) is 2.43. The van der Waals surface area contributed by atoms with Crippen molar-refractivity contribution in [2.24, 2.45) is 0 Å². The molecule has 3 rings (SSSR count). The monoisotopic (exact) mass is 202 g/mol. The number of nitrogens with one attached hydrogen (secondary N) is 2. The summed E-state index contributed by atoms with van der Waals surface area (Å²) in [5.74, 6) is 0. The van der Waals surface area contributed by atoms with E-state index in [4.69, 9.17) is 0 Å². The van der Waals surface area contributed by atoms with Crippen molar-refractivity contribution in [3.8, 4) is 0 Å². The molecule has 1 aliphatic heterocycles. The molecule has 0 saturated heterocycles. The van der Waals surface area contributed by atoms with Gasteiger partial charge in [0.15, 0.2) is 0 Å². The third-order valence-corrected chi connectivity index (χ3v) is 3.43. The topological polar surface area (TPSA) is 24.1 Å². The maximum absolute atomic E-state index is 3.74. The lowest BCUT2D eigenvalue weighted by molar-refractivity contribution is 0.498. The van der Waals surface area contributed by atoms with Crippen LogP contribution in [0.4, 0.5) is 5.69 Å². The van der Waals surface area contributed by atoms with Crippen LogP contribution in [-0.2, 0) is 0 Å². The van der Waals surface area contributed by atoms with E-state index in [2.05, 4.69) is 35.8 Å². The number of benzene rings is 1. The van der Waals surface area contributed by atoms with Gasteiger partial charge in [0.1, 0.15) is 0 Å². The van der Waals surface area contributed by atoms with Gasteiger partial charge in [0, 0.05) is 24.3 Å². The van der Waals surface area contributed by atoms with Gasteiger partial charge in [-0.3, -0.25) is 0 Å². The predicted octanol–water partition coefficient (Wildman–Crippen LogP) is 2.60. The molecule has 80 valence electrons. The highest BCUT2D eigenvalue weighted by molar-refractivity contribution is 5.60. The zero-order valence-corrected chi connectivity index (χ0v) is 9.22. The first-order valence-corrected chi connectivity index (χ1v) is 5.94. The standard InChI is InChI=1S/C13H18N2/c1-9-3-2-4-11-12(15-10-5-6-10)7-8-14-13(9)11/h2-4,10,12,14-15H,5-8H2,1H3. The van der Waals surface area contributed by atoms with Crippen molar-refractivity contribution in [2.75, 3.05) is 11.9 Å². The number of para-hydroxylation sites is 1. The SMILES string of the molecule is Cc1cccc2c1NCCC2NC1CC1. The molecule has 2 nitrogen and oxygen atoms in total. The fourth-order valence-corrected chi connectivity index (χ4v) is 2.43. The molecule has 1 fully saturated rings. The van der Waals surface area contributed by atoms with Gasteiger partial charge in [-0.2, -0.15) is 0 Å². The van der Waals surface area contributed by atoms with Gasteiger partial charge in [-0.25, -0.2) is 0 Å². The normalized spacial score (nSPS) is 24.5. The molecule has 0 aromatic heterocycles. The Bertz CT molecular complexity index is 369. The molecule has 15 heavy (non-hydrogen) atoms. The highest BCUT2D eigenvalue weighted by Crippen LogP contribution is 2.34. The summed E-state index contributed by atoms with van der Waals surface area (Å²) in [4.78, 5) is 0. The summed E-state index contributed by atoms with van der Waals surface area (Å²) >= 11 is 0. The second-order valence-corrected chi connectivity index (χ2v) is 4.75. The average Bonchev–Trinajstić information content (AvgIpc) is 3.04. The zero-order valence-electron chi connectivity index (χ0n) is 9.22. The third-order valence-electron chi connectivity index (χ3n) is 3.43. The van der Waals surface area contributed by atoms with E-state index in [9.17, 15) is 0 Å². The van der Waals surface area contributed by atoms with E-state index < -0.39 is 0 Å². The van der Waals surface area contributed by atoms with Crippen molar-refractivity contribution in [3.05, 3.63) is 29.3 Å². The van der Waals surface area contributed by atoms with Crippen molar-refractivity contribution in [1.29, 1.82) is 0 Å². The van der Waals surface area contributed by atoms with Crippen LogP contribution in [0.5, 0.6) is 0 Å². The minimum absolute atomic E-state index is 0.577. The first kappa shape index (κ1) is 9.22. The lowest BCUT2D eigenvalue weighted by atomic mass is 9.95. The summed E-state index contributed by atoms with van der Waals surface area (Å²) in [5, 5.41) is 7.25. The van der Waals surface area contributed by atoms with Crippen LogP contribution in [0.1, 0.15) is 36.4 Å². The first-order valence-electron chi connectivity index (χ1n) is 5.94. The van der Waals surface area contributed by atoms with Crippen LogP contribution >= 0.6 is 0 Å². The van der Waals surface area contributed by atoms with E-state index in [0.29, 0.717) is 6.04 Å². The molecule has 1 aromatic rings. The van der Waals surface area contributed by atoms with Crippen molar-refractivity contribution in [3.63, 3.8) is 0 Å². The molecule has 1 unspecified atom stereocenters. The summed E-state index contributed by atoms with van der Waals surface area (Å²) in [6.45, 7) is 3.29. The molecule has 1 aliphatic carbocycles. The van der Waals surface area contributed by atoms with Crippen LogP contribution < -0.4 is 10.6 Å². The van der Waals surface area contributed by atoms with Gasteiger partial charge in [0.25, 0.3) is 0 Å². The van der Waals surface area contributed by atoms with Crippen LogP contribution in [-0.4, -0.2) is 12.6 Å². The van der Waals surface area contributed by atoms with Crippen LogP contribution in [0.15, 0.2) is 18.2 Å². The van der Waals surface area contributed by atoms with E-state index in [1.54, 1.807) is 0 Å². The maximum Gasteiger partial charge on any atom is 0.0418 e. The number of rotatable bonds is 2. The largest absolute Gasteiger partial charge is 0.384 e. The molecule has 1 aromatic carbocycles. The second-order valence-electron chi connectivity index (χ2n) is 4.75. The Hall–Kier alpha value is -1.02. The number of hydrogen-bond acceptors (Lipinski definition) is 2. The van der Waals surface area contributed by atoms with Gasteiger partial charge >= 0.3 is 0 Å². The fraction of sp³-hybridized carbons (Fsp3) is 0.538. The maximum atomic E-state index is 3.74. The lowest BCUT2D eigenvalue weighted by Crippen LogP contribution is -2.29. The van der Waals surface area contributed by atoms with E-state index in [0.717, 1.165) is 12.6 Å². The van der Waals surface area contributed by atoms with E-state index in [1.165, 1.54) is 36.1 Å². The van der Waals surface area contributed by atoms with Gasteiger partial charge < -0.3 is 10.6 Å². The Morgan fingerprint density at radius 1 is 1.27 bits per heavy atom. The summed E-state index contributed by atoms with van der Waals surface area (Å²) < 4.78 is 0. The molecule has 0 spiro atoms. The number of anilines is 1. The molecule has 2 aliphatic rings. The van der Waals surface area contributed by atoms with Gasteiger partial charge in [0.05, 0.1) is 0 Å². The third kappa shape index (κ3) is 1.74. The molecule has 2 heteroatoms. The minimum atomic E-state index is 0.577. The number of hydrogen-bond donors (Lipinski definition) is 2. The quantitative estimate of drug-likeness (QED) is 0.770. The first-order chi connectivity index (χ1) is 7.34. The molecule has 2 N–H and O–H groups in total. The molecule has 0 radical (unpaired) electrons. The van der Waals surface area contributed by atoms with Crippen molar-refractivity contribution < 1.29 is 0 Å². The van der Waals surface area contributed by atoms with Crippen molar-refractivity contribution in [2.45, 2.75) is 38.3 Å². The smallest absolute Gasteiger partial charge is 0.0418 e. The number of aryl methyl sites for hydroxylation is 1. The molecule has 0 amide bonds. The minimum Gasteiger partial charge on any atom is -0.384 e. The molecule has 1 heterocycles. The molecular weight excluding hydrogens is 184 g/mol. The highest BCUT2D eigenvalue weighted by Gasteiger charge is 2.28. The lowest BCUT2D eigenvalue weighted by Gasteiger charge is -2.28. The van der Waals surface area contributed by atoms with Crippen molar-refractivity contribution in [1.82, 2.24) is 5.32 Å². The van der Waals surface area contributed by atoms with Gasteiger partial charge in [-0.1, -0.05) is 18.2 Å². The Morgan fingerprint density at radius 2 is 2.13 bits per heavy atom. The van der Waals surface area contributed by atoms with Crippen LogP contribution in [0.25, 0.3) is 0 Å². The van der Waals surface area contributed by atoms with Gasteiger partial charge in [-0.15, -0.1) is 0 Å². The zero-order chi connectivity index (χ0) is 10.3. The van der Waals surface area contributed by atoms with E-state index in [1.807, 2.05) is 0 Å². The summed E-state index contributed by atoms with van der Waals surface area (Å²) in [6.07, 6.45) is 3.95. The predicted molar refractivity (Wildman–Crippen MR) is 63.2 cm³/mol. The average molecular weight is 202 g/mol. The Labute approximate surface area is 91.1 Å². The highest BCUT2D eigenvalue weighted by atomic mass is 15.0. The Kier molecular flexibility index (Phi) is 2.17. The second kappa shape index (κ2) is 3.53. The van der Waals surface area contributed by atoms with Crippen LogP contribution in [0.2, 0.25) is 0 Å². The molecular formula is C13H18N2. The Morgan fingerprint density at radius 3 is 2.93 bits per heavy atom. The van der Waals surface area contributed by atoms with E-state index >= 15 is 0 Å².